The maximum atomic E-state index is 13.9. The Labute approximate surface area is 226 Å². The molecule has 1 saturated heterocycles. The summed E-state index contributed by atoms with van der Waals surface area (Å²) in [7, 11) is 0. The van der Waals surface area contributed by atoms with E-state index in [1.165, 1.54) is 23.5 Å². The Morgan fingerprint density at radius 3 is 2.92 bits per heavy atom. The van der Waals surface area contributed by atoms with Crippen molar-refractivity contribution in [1.29, 1.82) is 0 Å². The van der Waals surface area contributed by atoms with Crippen molar-refractivity contribution < 1.29 is 28.6 Å². The number of hydrogen-bond donors (Lipinski definition) is 2. The fourth-order valence-corrected chi connectivity index (χ4v) is 5.55. The number of rotatable bonds is 9. The summed E-state index contributed by atoms with van der Waals surface area (Å²) in [6.45, 7) is 5.33. The number of esters is 1. The maximum absolute atomic E-state index is 13.9. The van der Waals surface area contributed by atoms with Gasteiger partial charge in [-0.2, -0.15) is 0 Å². The lowest BCUT2D eigenvalue weighted by molar-refractivity contribution is -0.142. The minimum Gasteiger partial charge on any atom is -0.481 e. The monoisotopic (exact) mass is 594 g/mol. The van der Waals surface area contributed by atoms with Crippen LogP contribution in [0.1, 0.15) is 36.9 Å². The third-order valence-corrected chi connectivity index (χ3v) is 7.74. The van der Waals surface area contributed by atoms with Gasteiger partial charge in [-0.05, 0) is 31.0 Å². The van der Waals surface area contributed by atoms with Crippen molar-refractivity contribution in [1.82, 2.24) is 15.2 Å². The SMILES string of the molecule is CCOC(=O)C1=C(CN2CCOC[C@@H]2CC(C)C(=O)O)NC(c2nccs2)=N[C@H]1c1ccc(F)cc1Br. The third kappa shape index (κ3) is 6.43. The van der Waals surface area contributed by atoms with E-state index in [1.807, 2.05) is 5.38 Å². The van der Waals surface area contributed by atoms with Crippen molar-refractivity contribution in [3.8, 4) is 0 Å². The maximum Gasteiger partial charge on any atom is 0.338 e. The molecule has 0 bridgehead atoms. The standard InChI is InChI=1S/C25H28BrFN4O5S/c1-3-36-25(34)20-19(12-31-7-8-35-13-16(31)10-14(2)24(32)33)29-22(23-28-6-9-37-23)30-21(20)17-5-4-15(27)11-18(17)26/h4-6,9,11,14,16,21H,3,7-8,10,12-13H2,1-2H3,(H,29,30)(H,32,33)/t14?,16-,21-/m0/s1. The van der Waals surface area contributed by atoms with Crippen molar-refractivity contribution in [3.63, 3.8) is 0 Å². The molecule has 2 aliphatic heterocycles. The first-order valence-corrected chi connectivity index (χ1v) is 13.6. The lowest BCUT2D eigenvalue weighted by Crippen LogP contribution is -2.49. The number of nitrogens with zero attached hydrogens (tertiary/aromatic N) is 3. The lowest BCUT2D eigenvalue weighted by Gasteiger charge is -2.38. The number of morpholine rings is 1. The predicted octanol–water partition coefficient (Wildman–Crippen LogP) is 3.76. The molecule has 0 saturated carbocycles. The third-order valence-electron chi connectivity index (χ3n) is 6.27. The first-order valence-electron chi connectivity index (χ1n) is 11.9. The molecule has 1 aromatic heterocycles. The highest BCUT2D eigenvalue weighted by atomic mass is 79.9. The van der Waals surface area contributed by atoms with Crippen LogP contribution in [0.15, 0.2) is 50.5 Å². The summed E-state index contributed by atoms with van der Waals surface area (Å²) >= 11 is 4.84. The highest BCUT2D eigenvalue weighted by Gasteiger charge is 2.36. The largest absolute Gasteiger partial charge is 0.481 e. The van der Waals surface area contributed by atoms with Gasteiger partial charge in [-0.1, -0.05) is 28.9 Å². The van der Waals surface area contributed by atoms with Gasteiger partial charge in [0.15, 0.2) is 10.8 Å². The number of carbonyl (C=O) groups is 2. The van der Waals surface area contributed by atoms with Crippen LogP contribution < -0.4 is 5.32 Å². The molecule has 37 heavy (non-hydrogen) atoms. The van der Waals surface area contributed by atoms with Crippen LogP contribution in [0.5, 0.6) is 0 Å². The van der Waals surface area contributed by atoms with E-state index in [2.05, 4.69) is 31.1 Å². The topological polar surface area (TPSA) is 113 Å². The van der Waals surface area contributed by atoms with E-state index in [4.69, 9.17) is 14.5 Å². The summed E-state index contributed by atoms with van der Waals surface area (Å²) in [4.78, 5) is 36.2. The molecule has 0 radical (unpaired) electrons. The van der Waals surface area contributed by atoms with Gasteiger partial charge in [0, 0.05) is 40.9 Å². The summed E-state index contributed by atoms with van der Waals surface area (Å²) in [6.07, 6.45) is 2.07. The average molecular weight is 595 g/mol. The van der Waals surface area contributed by atoms with Gasteiger partial charge >= 0.3 is 11.9 Å². The number of carbonyl (C=O) groups excluding carboxylic acids is 1. The Bertz CT molecular complexity index is 1210. The summed E-state index contributed by atoms with van der Waals surface area (Å²) in [6, 6.07) is 3.33. The number of aliphatic carboxylic acids is 1. The second-order valence-electron chi connectivity index (χ2n) is 8.80. The quantitative estimate of drug-likeness (QED) is 0.422. The molecule has 4 rings (SSSR count). The minimum absolute atomic E-state index is 0.157. The van der Waals surface area contributed by atoms with Crippen molar-refractivity contribution >= 4 is 45.0 Å². The molecule has 1 aromatic carbocycles. The van der Waals surface area contributed by atoms with Crippen LogP contribution >= 0.6 is 27.3 Å². The van der Waals surface area contributed by atoms with E-state index < -0.39 is 29.7 Å². The van der Waals surface area contributed by atoms with Gasteiger partial charge in [0.1, 0.15) is 11.9 Å². The second kappa shape index (κ2) is 12.2. The molecule has 0 spiro atoms. The number of amidine groups is 1. The zero-order chi connectivity index (χ0) is 26.5. The minimum atomic E-state index is -0.868. The molecule has 0 amide bonds. The molecule has 0 aliphatic carbocycles. The van der Waals surface area contributed by atoms with E-state index in [9.17, 15) is 19.1 Å². The van der Waals surface area contributed by atoms with Gasteiger partial charge in [0.05, 0.1) is 31.3 Å². The number of thiazole rings is 1. The van der Waals surface area contributed by atoms with E-state index in [1.54, 1.807) is 26.1 Å². The number of benzene rings is 1. The molecule has 3 heterocycles. The van der Waals surface area contributed by atoms with Crippen molar-refractivity contribution in [2.75, 3.05) is 32.9 Å². The first kappa shape index (κ1) is 27.4. The molecular formula is C25H28BrFN4O5S. The summed E-state index contributed by atoms with van der Waals surface area (Å²) in [5.41, 5.74) is 1.50. The highest BCUT2D eigenvalue weighted by Crippen LogP contribution is 2.37. The highest BCUT2D eigenvalue weighted by molar-refractivity contribution is 9.10. The zero-order valence-electron chi connectivity index (χ0n) is 20.4. The van der Waals surface area contributed by atoms with E-state index in [-0.39, 0.29) is 12.6 Å². The zero-order valence-corrected chi connectivity index (χ0v) is 22.8. The van der Waals surface area contributed by atoms with Gasteiger partial charge in [-0.15, -0.1) is 11.3 Å². The Morgan fingerprint density at radius 1 is 1.43 bits per heavy atom. The Hall–Kier alpha value is -2.67. The Balaban J connectivity index is 1.78. The van der Waals surface area contributed by atoms with E-state index >= 15 is 0 Å². The van der Waals surface area contributed by atoms with Crippen LogP contribution in [0.2, 0.25) is 0 Å². The molecule has 1 unspecified atom stereocenters. The molecule has 1 fully saturated rings. The second-order valence-corrected chi connectivity index (χ2v) is 10.5. The normalized spacial score (nSPS) is 21.2. The Kier molecular flexibility index (Phi) is 9.06. The number of halogens is 2. The van der Waals surface area contributed by atoms with Crippen LogP contribution in [-0.4, -0.2) is 71.7 Å². The summed E-state index contributed by atoms with van der Waals surface area (Å²) in [5, 5.41) is 15.2. The molecule has 198 valence electrons. The Morgan fingerprint density at radius 2 is 2.24 bits per heavy atom. The molecular weight excluding hydrogens is 567 g/mol. The number of aromatic nitrogens is 1. The number of carboxylic acids is 1. The number of carboxylic acid groups (broad SMARTS) is 1. The molecule has 2 N–H and O–H groups in total. The predicted molar refractivity (Wildman–Crippen MR) is 140 cm³/mol. The van der Waals surface area contributed by atoms with Crippen LogP contribution in [0, 0.1) is 11.7 Å². The van der Waals surface area contributed by atoms with E-state index in [0.717, 1.165) is 0 Å². The number of hydrogen-bond acceptors (Lipinski definition) is 9. The fraction of sp³-hybridized carbons (Fsp3) is 0.440. The molecule has 2 aromatic rings. The number of nitrogens with one attached hydrogen (secondary N) is 1. The molecule has 12 heteroatoms. The van der Waals surface area contributed by atoms with Crippen molar-refractivity contribution in [2.45, 2.75) is 32.4 Å². The van der Waals surface area contributed by atoms with Crippen molar-refractivity contribution in [3.05, 3.63) is 61.9 Å². The average Bonchev–Trinajstić information content (AvgIpc) is 3.40. The van der Waals surface area contributed by atoms with Gasteiger partial charge in [-0.25, -0.2) is 14.2 Å². The number of ether oxygens (including phenoxy) is 2. The smallest absolute Gasteiger partial charge is 0.338 e. The summed E-state index contributed by atoms with van der Waals surface area (Å²) in [5.74, 6) is -1.88. The van der Waals surface area contributed by atoms with Gasteiger partial charge in [0.25, 0.3) is 0 Å². The molecule has 2 aliphatic rings. The fourth-order valence-electron chi connectivity index (χ4n) is 4.39. The van der Waals surface area contributed by atoms with E-state index in [0.29, 0.717) is 64.9 Å². The van der Waals surface area contributed by atoms with Crippen LogP contribution in [0.3, 0.4) is 0 Å². The van der Waals surface area contributed by atoms with Gasteiger partial charge in [0.2, 0.25) is 0 Å². The molecule has 3 atom stereocenters. The van der Waals surface area contributed by atoms with Crippen LogP contribution in [-0.2, 0) is 19.1 Å². The summed E-state index contributed by atoms with van der Waals surface area (Å²) < 4.78 is 25.5. The van der Waals surface area contributed by atoms with Crippen LogP contribution in [0.4, 0.5) is 4.39 Å². The lowest BCUT2D eigenvalue weighted by atomic mass is 9.94. The first-order chi connectivity index (χ1) is 17.8. The van der Waals surface area contributed by atoms with Gasteiger partial charge < -0.3 is 19.9 Å². The van der Waals surface area contributed by atoms with Gasteiger partial charge in [-0.3, -0.25) is 14.7 Å². The number of aliphatic imine (C=N–C) groups is 1. The van der Waals surface area contributed by atoms with Crippen LogP contribution in [0.25, 0.3) is 0 Å². The molecule has 9 nitrogen and oxygen atoms in total. The van der Waals surface area contributed by atoms with Crippen molar-refractivity contribution in [2.24, 2.45) is 10.9 Å².